The topological polar surface area (TPSA) is 77.3 Å². The number of hydrogen-bond acceptors (Lipinski definition) is 4. The number of benzene rings is 2. The van der Waals surface area contributed by atoms with Crippen molar-refractivity contribution < 1.29 is 4.79 Å². The monoisotopic (exact) mass is 404 g/mol. The molecule has 5 nitrogen and oxygen atoms in total. The molecule has 1 heterocycles. The summed E-state index contributed by atoms with van der Waals surface area (Å²) in [5, 5.41) is 17.2. The molecule has 0 radical (unpaired) electrons. The molecule has 146 valence electrons. The van der Waals surface area contributed by atoms with Gasteiger partial charge in [0.25, 0.3) is 5.91 Å². The maximum absolute atomic E-state index is 11.5. The van der Waals surface area contributed by atoms with E-state index in [0.29, 0.717) is 17.5 Å². The molecule has 3 atom stereocenters. The summed E-state index contributed by atoms with van der Waals surface area (Å²) >= 11 is 6.49. The minimum Gasteiger partial charge on any atom is -0.378 e. The Kier molecular flexibility index (Phi) is 5.37. The predicted molar refractivity (Wildman–Crippen MR) is 115 cm³/mol. The van der Waals surface area contributed by atoms with Crippen molar-refractivity contribution in [2.45, 2.75) is 31.7 Å². The van der Waals surface area contributed by atoms with Crippen LogP contribution in [-0.4, -0.2) is 11.6 Å². The zero-order chi connectivity index (χ0) is 20.4. The highest BCUT2D eigenvalue weighted by atomic mass is 35.5. The number of nitrogens with zero attached hydrogens (tertiary/aromatic N) is 2. The smallest absolute Gasteiger partial charge is 0.254 e. The van der Waals surface area contributed by atoms with Gasteiger partial charge in [0.1, 0.15) is 6.42 Å². The summed E-state index contributed by atoms with van der Waals surface area (Å²) in [6, 6.07) is 16.2. The average Bonchev–Trinajstić information content (AvgIpc) is 3.22. The molecule has 3 unspecified atom stereocenters. The number of hydrazone groups is 1. The number of allylic oxidation sites excluding steroid dienone is 2. The Bertz CT molecular complexity index is 1050. The van der Waals surface area contributed by atoms with Crippen LogP contribution in [0.15, 0.2) is 59.7 Å². The lowest BCUT2D eigenvalue weighted by molar-refractivity contribution is -0.120. The van der Waals surface area contributed by atoms with Crippen LogP contribution in [0.25, 0.3) is 0 Å². The van der Waals surface area contributed by atoms with E-state index in [1.165, 1.54) is 5.56 Å². The molecule has 6 heteroatoms. The van der Waals surface area contributed by atoms with Crippen LogP contribution in [0.1, 0.15) is 48.4 Å². The van der Waals surface area contributed by atoms with Gasteiger partial charge in [-0.3, -0.25) is 4.79 Å². The van der Waals surface area contributed by atoms with Crippen molar-refractivity contribution in [2.75, 3.05) is 5.32 Å². The quantitative estimate of drug-likeness (QED) is 0.431. The van der Waals surface area contributed by atoms with Gasteiger partial charge in [-0.25, -0.2) is 5.43 Å². The van der Waals surface area contributed by atoms with Crippen LogP contribution >= 0.6 is 11.6 Å². The van der Waals surface area contributed by atoms with Gasteiger partial charge in [-0.2, -0.15) is 10.4 Å². The average molecular weight is 405 g/mol. The van der Waals surface area contributed by atoms with Crippen LogP contribution in [0.4, 0.5) is 5.69 Å². The molecule has 2 aromatic carbocycles. The zero-order valence-electron chi connectivity index (χ0n) is 16.0. The van der Waals surface area contributed by atoms with Crippen molar-refractivity contribution in [1.82, 2.24) is 5.43 Å². The van der Waals surface area contributed by atoms with Gasteiger partial charge < -0.3 is 5.32 Å². The molecule has 2 N–H and O–H groups in total. The molecular weight excluding hydrogens is 384 g/mol. The molecule has 0 bridgehead atoms. The summed E-state index contributed by atoms with van der Waals surface area (Å²) in [6.45, 7) is 1.85. The van der Waals surface area contributed by atoms with Crippen LogP contribution in [0.2, 0.25) is 5.02 Å². The lowest BCUT2D eigenvalue weighted by Crippen LogP contribution is -2.29. The number of rotatable bonds is 4. The molecule has 0 aromatic heterocycles. The fourth-order valence-electron chi connectivity index (χ4n) is 4.18. The van der Waals surface area contributed by atoms with Crippen molar-refractivity contribution >= 4 is 28.9 Å². The molecule has 2 aromatic rings. The van der Waals surface area contributed by atoms with Crippen LogP contribution in [0.5, 0.6) is 0 Å². The van der Waals surface area contributed by atoms with E-state index in [2.05, 4.69) is 46.2 Å². The minimum atomic E-state index is -0.409. The Morgan fingerprint density at radius 2 is 2.14 bits per heavy atom. The first-order valence-electron chi connectivity index (χ1n) is 9.60. The highest BCUT2D eigenvalue weighted by Gasteiger charge is 2.38. The van der Waals surface area contributed by atoms with Crippen LogP contribution in [0, 0.1) is 17.2 Å². The van der Waals surface area contributed by atoms with Crippen molar-refractivity contribution in [3.8, 4) is 6.07 Å². The van der Waals surface area contributed by atoms with E-state index in [0.717, 1.165) is 28.3 Å². The molecular formula is C23H21ClN4O. The Hall–Kier alpha value is -3.10. The third-order valence-electron chi connectivity index (χ3n) is 5.61. The number of fused-ring (bicyclic) bond motifs is 3. The van der Waals surface area contributed by atoms with Gasteiger partial charge in [-0.15, -0.1) is 0 Å². The zero-order valence-corrected chi connectivity index (χ0v) is 16.8. The number of nitriles is 1. The first kappa shape index (κ1) is 19.2. The Labute approximate surface area is 175 Å². The van der Waals surface area contributed by atoms with Gasteiger partial charge in [0.05, 0.1) is 17.8 Å². The minimum absolute atomic E-state index is 0.155. The third kappa shape index (κ3) is 3.76. The van der Waals surface area contributed by atoms with Crippen molar-refractivity contribution in [3.63, 3.8) is 0 Å². The van der Waals surface area contributed by atoms with Crippen LogP contribution in [-0.2, 0) is 4.79 Å². The second kappa shape index (κ2) is 8.10. The number of anilines is 1. The Morgan fingerprint density at radius 3 is 2.93 bits per heavy atom. The first-order chi connectivity index (χ1) is 14.1. The molecule has 1 aliphatic heterocycles. The summed E-state index contributed by atoms with van der Waals surface area (Å²) in [5.41, 5.74) is 7.51. The molecule has 1 amide bonds. The van der Waals surface area contributed by atoms with Gasteiger partial charge in [0, 0.05) is 16.6 Å². The standard InChI is InChI=1S/C23H21ClN4O/c1-14(27-28-22(29)11-12-25)15-9-10-21-19(13-15)16-6-4-7-17(16)23(26-21)18-5-2-3-8-20(18)24/h2-6,8-10,13,16-17,23,26H,7,11H2,1H3,(H,28,29). The highest BCUT2D eigenvalue weighted by Crippen LogP contribution is 2.50. The molecule has 2 aliphatic rings. The lowest BCUT2D eigenvalue weighted by atomic mass is 9.76. The number of carbonyl (C=O) groups is 1. The van der Waals surface area contributed by atoms with E-state index in [-0.39, 0.29) is 12.5 Å². The van der Waals surface area contributed by atoms with E-state index < -0.39 is 5.91 Å². The number of hydrogen-bond donors (Lipinski definition) is 2. The molecule has 1 aliphatic carbocycles. The first-order valence-corrected chi connectivity index (χ1v) is 9.98. The predicted octanol–water partition coefficient (Wildman–Crippen LogP) is 4.92. The molecule has 0 saturated carbocycles. The molecule has 0 saturated heterocycles. The van der Waals surface area contributed by atoms with Crippen molar-refractivity contribution in [1.29, 1.82) is 5.26 Å². The second-order valence-electron chi connectivity index (χ2n) is 7.37. The second-order valence-corrected chi connectivity index (χ2v) is 7.77. The highest BCUT2D eigenvalue weighted by molar-refractivity contribution is 6.31. The summed E-state index contributed by atoms with van der Waals surface area (Å²) in [6.07, 6.45) is 5.31. The third-order valence-corrected chi connectivity index (χ3v) is 5.95. The molecule has 0 fully saturated rings. The van der Waals surface area contributed by atoms with Crippen LogP contribution in [0.3, 0.4) is 0 Å². The van der Waals surface area contributed by atoms with E-state index in [4.69, 9.17) is 16.9 Å². The molecule has 0 spiro atoms. The fraction of sp³-hybridized carbons (Fsp3) is 0.261. The number of carbonyl (C=O) groups excluding carboxylic acids is 1. The van der Waals surface area contributed by atoms with Crippen LogP contribution < -0.4 is 10.7 Å². The normalized spacial score (nSPS) is 22.2. The van der Waals surface area contributed by atoms with Gasteiger partial charge >= 0.3 is 0 Å². The maximum Gasteiger partial charge on any atom is 0.254 e. The fourth-order valence-corrected chi connectivity index (χ4v) is 4.43. The largest absolute Gasteiger partial charge is 0.378 e. The van der Waals surface area contributed by atoms with Gasteiger partial charge in [-0.05, 0) is 54.2 Å². The number of nitrogens with one attached hydrogen (secondary N) is 2. The summed E-state index contributed by atoms with van der Waals surface area (Å²) in [5.74, 6) is 0.284. The van der Waals surface area contributed by atoms with Gasteiger partial charge in [0.2, 0.25) is 0 Å². The van der Waals surface area contributed by atoms with E-state index in [9.17, 15) is 4.79 Å². The van der Waals surface area contributed by atoms with E-state index in [1.807, 2.05) is 37.3 Å². The van der Waals surface area contributed by atoms with Crippen molar-refractivity contribution in [3.05, 3.63) is 76.3 Å². The van der Waals surface area contributed by atoms with Gasteiger partial charge in [-0.1, -0.05) is 48.0 Å². The molecule has 4 rings (SSSR count). The Morgan fingerprint density at radius 1 is 1.31 bits per heavy atom. The number of halogens is 1. The Balaban J connectivity index is 1.64. The summed E-state index contributed by atoms with van der Waals surface area (Å²) in [7, 11) is 0. The summed E-state index contributed by atoms with van der Waals surface area (Å²) < 4.78 is 0. The maximum atomic E-state index is 11.5. The van der Waals surface area contributed by atoms with E-state index >= 15 is 0 Å². The SMILES string of the molecule is CC(=NNC(=O)CC#N)c1ccc2c(c1)C1C=CCC1C(c1ccccc1Cl)N2. The summed E-state index contributed by atoms with van der Waals surface area (Å²) in [4.78, 5) is 11.5. The van der Waals surface area contributed by atoms with Gasteiger partial charge in [0.15, 0.2) is 0 Å². The molecule has 29 heavy (non-hydrogen) atoms. The van der Waals surface area contributed by atoms with Crippen molar-refractivity contribution in [2.24, 2.45) is 11.0 Å². The van der Waals surface area contributed by atoms with E-state index in [1.54, 1.807) is 0 Å². The lowest BCUT2D eigenvalue weighted by Gasteiger charge is -2.38. The number of amides is 1.